The summed E-state index contributed by atoms with van der Waals surface area (Å²) in [6.07, 6.45) is 0.369. The molecule has 1 atom stereocenters. The van der Waals surface area contributed by atoms with E-state index in [2.05, 4.69) is 10.4 Å². The van der Waals surface area contributed by atoms with Crippen molar-refractivity contribution >= 4 is 23.2 Å². The first-order valence-corrected chi connectivity index (χ1v) is 7.33. The Hall–Kier alpha value is -1.81. The first kappa shape index (κ1) is 15.6. The molecule has 5 heteroatoms. The van der Waals surface area contributed by atoms with Crippen LogP contribution < -0.4 is 5.32 Å². The minimum atomic E-state index is -0.0463. The van der Waals surface area contributed by atoms with Gasteiger partial charge in [0.1, 0.15) is 0 Å². The first-order chi connectivity index (χ1) is 9.86. The van der Waals surface area contributed by atoms with Crippen LogP contribution in [0.3, 0.4) is 0 Å². The minimum Gasteiger partial charge on any atom is -0.326 e. The van der Waals surface area contributed by atoms with E-state index < -0.39 is 0 Å². The second kappa shape index (κ2) is 6.31. The molecule has 0 spiro atoms. The third-order valence-electron chi connectivity index (χ3n) is 3.40. The van der Waals surface area contributed by atoms with Gasteiger partial charge in [-0.2, -0.15) is 5.10 Å². The molecular formula is C16H20ClN3O. The number of benzene rings is 1. The minimum absolute atomic E-state index is 0.0135. The van der Waals surface area contributed by atoms with Gasteiger partial charge in [-0.15, -0.1) is 0 Å². The molecular weight excluding hydrogens is 286 g/mol. The number of hydrogen-bond acceptors (Lipinski definition) is 2. The Morgan fingerprint density at radius 3 is 2.62 bits per heavy atom. The van der Waals surface area contributed by atoms with E-state index in [0.29, 0.717) is 11.4 Å². The van der Waals surface area contributed by atoms with E-state index in [4.69, 9.17) is 11.6 Å². The average molecular weight is 306 g/mol. The number of carbonyl (C=O) groups excluding carboxylic acids is 1. The predicted octanol–water partition coefficient (Wildman–Crippen LogP) is 4.05. The summed E-state index contributed by atoms with van der Waals surface area (Å²) in [5.41, 5.74) is 3.73. The second-order valence-electron chi connectivity index (χ2n) is 5.44. The highest BCUT2D eigenvalue weighted by Crippen LogP contribution is 2.21. The van der Waals surface area contributed by atoms with Crippen molar-refractivity contribution in [1.82, 2.24) is 9.78 Å². The van der Waals surface area contributed by atoms with Crippen LogP contribution in [0.2, 0.25) is 5.02 Å². The normalized spacial score (nSPS) is 12.2. The van der Waals surface area contributed by atoms with Crippen LogP contribution in [0.4, 0.5) is 5.69 Å². The summed E-state index contributed by atoms with van der Waals surface area (Å²) in [6, 6.07) is 7.53. The number of aromatic nitrogens is 2. The van der Waals surface area contributed by atoms with Gasteiger partial charge in [-0.1, -0.05) is 17.7 Å². The fourth-order valence-corrected chi connectivity index (χ4v) is 2.51. The first-order valence-electron chi connectivity index (χ1n) is 6.95. The molecule has 21 heavy (non-hydrogen) atoms. The lowest BCUT2D eigenvalue weighted by atomic mass is 10.2. The Morgan fingerprint density at radius 2 is 2.05 bits per heavy atom. The third kappa shape index (κ3) is 3.85. The van der Waals surface area contributed by atoms with E-state index in [-0.39, 0.29) is 11.9 Å². The summed E-state index contributed by atoms with van der Waals surface area (Å²) in [4.78, 5) is 12.1. The fourth-order valence-electron chi connectivity index (χ4n) is 2.33. The zero-order valence-electron chi connectivity index (χ0n) is 12.8. The molecule has 1 N–H and O–H groups in total. The van der Waals surface area contributed by atoms with Gasteiger partial charge in [0.15, 0.2) is 0 Å². The lowest BCUT2D eigenvalue weighted by molar-refractivity contribution is -0.116. The van der Waals surface area contributed by atoms with Gasteiger partial charge in [0.05, 0.1) is 11.7 Å². The molecule has 0 aliphatic heterocycles. The highest BCUT2D eigenvalue weighted by atomic mass is 35.5. The van der Waals surface area contributed by atoms with Crippen LogP contribution in [-0.4, -0.2) is 15.7 Å². The smallest absolute Gasteiger partial charge is 0.226 e. The van der Waals surface area contributed by atoms with Gasteiger partial charge in [0.2, 0.25) is 5.91 Å². The van der Waals surface area contributed by atoms with Crippen molar-refractivity contribution in [3.05, 3.63) is 46.2 Å². The molecule has 0 saturated carbocycles. The van der Waals surface area contributed by atoms with Crippen molar-refractivity contribution in [3.8, 4) is 0 Å². The molecule has 112 valence electrons. The SMILES string of the molecule is Cc1cc(C)n([C@H](C)CC(=O)Nc2ccc(C)c(Cl)c2)n1. The van der Waals surface area contributed by atoms with Crippen LogP contribution in [0.1, 0.15) is 36.3 Å². The summed E-state index contributed by atoms with van der Waals surface area (Å²) in [7, 11) is 0. The summed E-state index contributed by atoms with van der Waals surface area (Å²) < 4.78 is 1.89. The lowest BCUT2D eigenvalue weighted by Gasteiger charge is -2.14. The Bertz CT molecular complexity index is 664. The molecule has 0 saturated heterocycles. The zero-order chi connectivity index (χ0) is 15.6. The summed E-state index contributed by atoms with van der Waals surface area (Å²) in [6.45, 7) is 7.86. The van der Waals surface area contributed by atoms with Gasteiger partial charge in [-0.3, -0.25) is 9.48 Å². The number of halogens is 1. The predicted molar refractivity (Wildman–Crippen MR) is 85.8 cm³/mol. The number of carbonyl (C=O) groups is 1. The van der Waals surface area contributed by atoms with Crippen molar-refractivity contribution in [2.24, 2.45) is 0 Å². The number of nitrogens with one attached hydrogen (secondary N) is 1. The van der Waals surface area contributed by atoms with E-state index in [9.17, 15) is 4.79 Å². The van der Waals surface area contributed by atoms with Crippen LogP contribution in [0.15, 0.2) is 24.3 Å². The lowest BCUT2D eigenvalue weighted by Crippen LogP contribution is -2.19. The molecule has 1 aromatic carbocycles. The number of nitrogens with zero attached hydrogens (tertiary/aromatic N) is 2. The molecule has 0 aliphatic carbocycles. The molecule has 2 aromatic rings. The summed E-state index contributed by atoms with van der Waals surface area (Å²) in [5, 5.41) is 7.94. The molecule has 2 rings (SSSR count). The molecule has 1 amide bonds. The van der Waals surface area contributed by atoms with Gasteiger partial charge in [-0.05, 0) is 51.5 Å². The maximum atomic E-state index is 12.1. The van der Waals surface area contributed by atoms with E-state index in [0.717, 1.165) is 22.6 Å². The Labute approximate surface area is 130 Å². The second-order valence-corrected chi connectivity index (χ2v) is 5.84. The molecule has 0 aliphatic rings. The van der Waals surface area contributed by atoms with Crippen molar-refractivity contribution in [1.29, 1.82) is 0 Å². The Balaban J connectivity index is 2.01. The van der Waals surface area contributed by atoms with Crippen LogP contribution in [-0.2, 0) is 4.79 Å². The number of hydrogen-bond donors (Lipinski definition) is 1. The van der Waals surface area contributed by atoms with Crippen LogP contribution in [0, 0.1) is 20.8 Å². The van der Waals surface area contributed by atoms with E-state index >= 15 is 0 Å². The summed E-state index contributed by atoms with van der Waals surface area (Å²) in [5.74, 6) is -0.0463. The van der Waals surface area contributed by atoms with E-state index in [1.54, 1.807) is 6.07 Å². The molecule has 1 aromatic heterocycles. The number of anilines is 1. The maximum absolute atomic E-state index is 12.1. The summed E-state index contributed by atoms with van der Waals surface area (Å²) >= 11 is 6.06. The van der Waals surface area contributed by atoms with Crippen molar-refractivity contribution in [2.45, 2.75) is 40.2 Å². The fraction of sp³-hybridized carbons (Fsp3) is 0.375. The van der Waals surface area contributed by atoms with E-state index in [1.165, 1.54) is 0 Å². The molecule has 0 radical (unpaired) electrons. The van der Waals surface area contributed by atoms with E-state index in [1.807, 2.05) is 50.6 Å². The zero-order valence-corrected chi connectivity index (χ0v) is 13.5. The number of aryl methyl sites for hydroxylation is 3. The topological polar surface area (TPSA) is 46.9 Å². The Morgan fingerprint density at radius 1 is 1.33 bits per heavy atom. The van der Waals surface area contributed by atoms with Gasteiger partial charge in [0.25, 0.3) is 0 Å². The van der Waals surface area contributed by atoms with Crippen molar-refractivity contribution in [3.63, 3.8) is 0 Å². The van der Waals surface area contributed by atoms with Gasteiger partial charge < -0.3 is 5.32 Å². The van der Waals surface area contributed by atoms with Gasteiger partial charge >= 0.3 is 0 Å². The molecule has 0 unspecified atom stereocenters. The van der Waals surface area contributed by atoms with Crippen LogP contribution >= 0.6 is 11.6 Å². The highest BCUT2D eigenvalue weighted by molar-refractivity contribution is 6.31. The average Bonchev–Trinajstić information content (AvgIpc) is 2.73. The molecule has 4 nitrogen and oxygen atoms in total. The van der Waals surface area contributed by atoms with Crippen molar-refractivity contribution in [2.75, 3.05) is 5.32 Å². The molecule has 0 bridgehead atoms. The monoisotopic (exact) mass is 305 g/mol. The van der Waals surface area contributed by atoms with Gasteiger partial charge in [0, 0.05) is 22.8 Å². The largest absolute Gasteiger partial charge is 0.326 e. The molecule has 1 heterocycles. The number of rotatable bonds is 4. The standard InChI is InChI=1S/C16H20ClN3O/c1-10-5-6-14(9-15(10)17)18-16(21)8-13(4)20-12(3)7-11(2)19-20/h5-7,9,13H,8H2,1-4H3,(H,18,21)/t13-/m1/s1. The van der Waals surface area contributed by atoms with Gasteiger partial charge in [-0.25, -0.2) is 0 Å². The third-order valence-corrected chi connectivity index (χ3v) is 3.81. The van der Waals surface area contributed by atoms with Crippen LogP contribution in [0.5, 0.6) is 0 Å². The van der Waals surface area contributed by atoms with Crippen LogP contribution in [0.25, 0.3) is 0 Å². The Kier molecular flexibility index (Phi) is 4.68. The molecule has 0 fully saturated rings. The quantitative estimate of drug-likeness (QED) is 0.926. The number of amides is 1. The van der Waals surface area contributed by atoms with Crippen molar-refractivity contribution < 1.29 is 4.79 Å². The maximum Gasteiger partial charge on any atom is 0.226 e. The highest BCUT2D eigenvalue weighted by Gasteiger charge is 2.14.